The molecule has 39 heavy (non-hydrogen) atoms. The van der Waals surface area contributed by atoms with E-state index in [-0.39, 0.29) is 27.5 Å². The maximum atomic E-state index is 12.6. The lowest BCUT2D eigenvalue weighted by atomic mass is 10.1. The molecular weight excluding hydrogens is 556 g/mol. The number of aromatic amines is 1. The van der Waals surface area contributed by atoms with Gasteiger partial charge >= 0.3 is 0 Å². The second-order valence-electron chi connectivity index (χ2n) is 8.21. The van der Waals surface area contributed by atoms with Crippen molar-refractivity contribution in [2.24, 2.45) is 0 Å². The van der Waals surface area contributed by atoms with Crippen molar-refractivity contribution in [1.82, 2.24) is 20.2 Å². The molecule has 0 saturated heterocycles. The highest BCUT2D eigenvalue weighted by atomic mass is 35.5. The number of carbonyl (C=O) groups excluding carboxylic acids is 1. The van der Waals surface area contributed by atoms with E-state index in [9.17, 15) is 13.2 Å². The molecular formula is C27H21ClN6O3S2. The summed E-state index contributed by atoms with van der Waals surface area (Å²) in [5.41, 5.74) is 4.10. The van der Waals surface area contributed by atoms with Gasteiger partial charge in [-0.25, -0.2) is 13.4 Å². The molecule has 2 heterocycles. The normalized spacial score (nSPS) is 11.2. The number of H-pyrrole nitrogens is 1. The molecule has 0 spiro atoms. The first-order chi connectivity index (χ1) is 18.9. The molecule has 3 aromatic carbocycles. The van der Waals surface area contributed by atoms with Crippen molar-refractivity contribution in [3.05, 3.63) is 102 Å². The first-order valence-electron chi connectivity index (χ1n) is 11.6. The number of thioether (sulfide) groups is 1. The summed E-state index contributed by atoms with van der Waals surface area (Å²) < 4.78 is 27.5. The Bertz CT molecular complexity index is 1620. The molecule has 3 N–H and O–H groups in total. The summed E-state index contributed by atoms with van der Waals surface area (Å²) in [4.78, 5) is 20.7. The molecule has 5 aromatic rings. The average molecular weight is 577 g/mol. The molecule has 5 rings (SSSR count). The molecule has 12 heteroatoms. The quantitative estimate of drug-likeness (QED) is 0.191. The Morgan fingerprint density at radius 1 is 0.846 bits per heavy atom. The van der Waals surface area contributed by atoms with E-state index in [1.54, 1.807) is 0 Å². The van der Waals surface area contributed by atoms with Gasteiger partial charge in [-0.05, 0) is 36.4 Å². The zero-order chi connectivity index (χ0) is 27.2. The minimum Gasteiger partial charge on any atom is -0.332 e. The van der Waals surface area contributed by atoms with Crippen molar-refractivity contribution in [3.63, 3.8) is 0 Å². The molecule has 1 amide bonds. The second kappa shape index (κ2) is 11.7. The summed E-state index contributed by atoms with van der Waals surface area (Å²) >= 11 is 6.96. The number of nitrogens with one attached hydrogen (secondary N) is 3. The van der Waals surface area contributed by atoms with Gasteiger partial charge in [0, 0.05) is 16.8 Å². The number of imidazole rings is 1. The van der Waals surface area contributed by atoms with Crippen molar-refractivity contribution in [3.8, 4) is 22.5 Å². The molecule has 0 saturated carbocycles. The fraction of sp³-hybridized carbons (Fsp3) is 0.0370. The highest BCUT2D eigenvalue weighted by molar-refractivity contribution is 7.99. The lowest BCUT2D eigenvalue weighted by Gasteiger charge is -2.08. The minimum atomic E-state index is -3.89. The molecule has 0 aliphatic carbocycles. The molecule has 0 aliphatic rings. The molecule has 9 nitrogen and oxygen atoms in total. The number of sulfonamides is 1. The van der Waals surface area contributed by atoms with E-state index in [4.69, 9.17) is 16.6 Å². The standard InChI is InChI=1S/C27H21ClN6O3S2/c28-22-15-16-23(33-32-22)34-39(36,37)21-13-11-20(12-14-21)29-24(35)17-38-27-30-25(18-7-3-1-4-8-18)26(31-27)19-9-5-2-6-10-19/h1-16H,17H2,(H,29,35)(H,30,31)(H,33,34). The number of amides is 1. The van der Waals surface area contributed by atoms with E-state index >= 15 is 0 Å². The zero-order valence-electron chi connectivity index (χ0n) is 20.2. The van der Waals surface area contributed by atoms with Gasteiger partial charge in [-0.3, -0.25) is 9.52 Å². The lowest BCUT2D eigenvalue weighted by molar-refractivity contribution is -0.113. The van der Waals surface area contributed by atoms with Crippen molar-refractivity contribution >= 4 is 50.8 Å². The third kappa shape index (κ3) is 6.63. The summed E-state index contributed by atoms with van der Waals surface area (Å²) in [6, 6.07) is 28.4. The first kappa shape index (κ1) is 26.4. The Morgan fingerprint density at radius 3 is 2.15 bits per heavy atom. The molecule has 0 bridgehead atoms. The highest BCUT2D eigenvalue weighted by Crippen LogP contribution is 2.32. The Morgan fingerprint density at radius 2 is 1.51 bits per heavy atom. The second-order valence-corrected chi connectivity index (χ2v) is 11.2. The van der Waals surface area contributed by atoms with Crippen LogP contribution >= 0.6 is 23.4 Å². The maximum absolute atomic E-state index is 12.6. The van der Waals surface area contributed by atoms with Crippen LogP contribution in [0, 0.1) is 0 Å². The molecule has 0 aliphatic heterocycles. The Hall–Kier alpha value is -4.19. The minimum absolute atomic E-state index is 0.00379. The molecule has 196 valence electrons. The summed E-state index contributed by atoms with van der Waals surface area (Å²) in [5, 5.41) is 10.8. The Balaban J connectivity index is 1.23. The van der Waals surface area contributed by atoms with Gasteiger partial charge in [0.25, 0.3) is 10.0 Å². The molecule has 0 atom stereocenters. The van der Waals surface area contributed by atoms with Gasteiger partial charge in [-0.2, -0.15) is 0 Å². The van der Waals surface area contributed by atoms with Crippen molar-refractivity contribution < 1.29 is 13.2 Å². The Kier molecular flexibility index (Phi) is 7.92. The van der Waals surface area contributed by atoms with Crippen LogP contribution in [0.3, 0.4) is 0 Å². The largest absolute Gasteiger partial charge is 0.332 e. The summed E-state index contributed by atoms with van der Waals surface area (Å²) in [5.74, 6) is -0.117. The van der Waals surface area contributed by atoms with Crippen LogP contribution in [0.2, 0.25) is 5.15 Å². The maximum Gasteiger partial charge on any atom is 0.263 e. The number of carbonyl (C=O) groups is 1. The smallest absolute Gasteiger partial charge is 0.263 e. The number of aromatic nitrogens is 4. The number of nitrogens with zero attached hydrogens (tertiary/aromatic N) is 3. The third-order valence-corrected chi connectivity index (χ3v) is 7.90. The van der Waals surface area contributed by atoms with Crippen LogP contribution in [0.25, 0.3) is 22.5 Å². The number of hydrogen-bond acceptors (Lipinski definition) is 7. The SMILES string of the molecule is O=C(CSc1nc(-c2ccccc2)c(-c2ccccc2)[nH]1)Nc1ccc(S(=O)(=O)Nc2ccc(Cl)nn2)cc1. The summed E-state index contributed by atoms with van der Waals surface area (Å²) in [6.07, 6.45) is 0. The number of halogens is 1. The van der Waals surface area contributed by atoms with Crippen LogP contribution in [0.4, 0.5) is 11.5 Å². The fourth-order valence-corrected chi connectivity index (χ4v) is 5.42. The van der Waals surface area contributed by atoms with E-state index in [1.807, 2.05) is 60.7 Å². The topological polar surface area (TPSA) is 130 Å². The van der Waals surface area contributed by atoms with Crippen molar-refractivity contribution in [1.29, 1.82) is 0 Å². The van der Waals surface area contributed by atoms with E-state index in [1.165, 1.54) is 48.2 Å². The van der Waals surface area contributed by atoms with Gasteiger partial charge in [0.2, 0.25) is 5.91 Å². The van der Waals surface area contributed by atoms with Crippen LogP contribution < -0.4 is 10.0 Å². The number of anilines is 2. The molecule has 0 fully saturated rings. The van der Waals surface area contributed by atoms with Gasteiger partial charge < -0.3 is 10.3 Å². The van der Waals surface area contributed by atoms with Gasteiger partial charge in [0.15, 0.2) is 16.1 Å². The van der Waals surface area contributed by atoms with E-state index in [2.05, 4.69) is 25.2 Å². The molecule has 0 radical (unpaired) electrons. The zero-order valence-corrected chi connectivity index (χ0v) is 22.6. The third-order valence-electron chi connectivity index (χ3n) is 5.45. The summed E-state index contributed by atoms with van der Waals surface area (Å²) in [6.45, 7) is 0. The van der Waals surface area contributed by atoms with Crippen LogP contribution in [0.1, 0.15) is 0 Å². The van der Waals surface area contributed by atoms with Crippen molar-refractivity contribution in [2.75, 3.05) is 15.8 Å². The monoisotopic (exact) mass is 576 g/mol. The Labute approximate surface area is 234 Å². The fourth-order valence-electron chi connectivity index (χ4n) is 3.65. The lowest BCUT2D eigenvalue weighted by Crippen LogP contribution is -2.16. The number of rotatable bonds is 9. The van der Waals surface area contributed by atoms with Crippen LogP contribution in [-0.2, 0) is 14.8 Å². The number of hydrogen-bond donors (Lipinski definition) is 3. The average Bonchev–Trinajstić information content (AvgIpc) is 3.39. The van der Waals surface area contributed by atoms with E-state index in [0.717, 1.165) is 22.5 Å². The van der Waals surface area contributed by atoms with Gasteiger partial charge in [-0.1, -0.05) is 84.0 Å². The molecule has 0 unspecified atom stereocenters. The predicted octanol–water partition coefficient (Wildman–Crippen LogP) is 5.72. The number of benzene rings is 3. The van der Waals surface area contributed by atoms with E-state index < -0.39 is 10.0 Å². The predicted molar refractivity (Wildman–Crippen MR) is 153 cm³/mol. The van der Waals surface area contributed by atoms with Crippen molar-refractivity contribution in [2.45, 2.75) is 10.1 Å². The van der Waals surface area contributed by atoms with Crippen LogP contribution in [0.15, 0.2) is 107 Å². The van der Waals surface area contributed by atoms with Gasteiger partial charge in [-0.15, -0.1) is 10.2 Å². The van der Waals surface area contributed by atoms with Crippen LogP contribution in [-0.4, -0.2) is 40.2 Å². The van der Waals surface area contributed by atoms with Gasteiger partial charge in [0.1, 0.15) is 0 Å². The van der Waals surface area contributed by atoms with Gasteiger partial charge in [0.05, 0.1) is 22.0 Å². The van der Waals surface area contributed by atoms with Crippen LogP contribution in [0.5, 0.6) is 0 Å². The highest BCUT2D eigenvalue weighted by Gasteiger charge is 2.17. The summed E-state index contributed by atoms with van der Waals surface area (Å²) in [7, 11) is -3.89. The first-order valence-corrected chi connectivity index (χ1v) is 14.5. The van der Waals surface area contributed by atoms with E-state index in [0.29, 0.717) is 10.8 Å². The molecule has 2 aromatic heterocycles.